The first-order valence-electron chi connectivity index (χ1n) is 6.76. The number of hydrogen-bond donors (Lipinski definition) is 2. The fraction of sp³-hybridized carbons (Fsp3) is 0.643. The van der Waals surface area contributed by atoms with Gasteiger partial charge >= 0.3 is 0 Å². The molecule has 0 fully saturated rings. The molecule has 1 unspecified atom stereocenters. The van der Waals surface area contributed by atoms with Crippen LogP contribution in [0.25, 0.3) is 0 Å². The van der Waals surface area contributed by atoms with Crippen molar-refractivity contribution in [3.8, 4) is 0 Å². The molecule has 5 heteroatoms. The number of nitrogens with zero attached hydrogens (tertiary/aromatic N) is 1. The highest BCUT2D eigenvalue weighted by Crippen LogP contribution is 2.26. The molecule has 1 aromatic rings. The third-order valence-corrected chi connectivity index (χ3v) is 4.80. The summed E-state index contributed by atoms with van der Waals surface area (Å²) in [6.07, 6.45) is 4.69. The van der Waals surface area contributed by atoms with Crippen molar-refractivity contribution in [1.82, 2.24) is 10.3 Å². The molecule has 0 aliphatic rings. The second-order valence-corrected chi connectivity index (χ2v) is 6.06. The molecule has 2 N–H and O–H groups in total. The van der Waals surface area contributed by atoms with Crippen LogP contribution in [0.4, 0.5) is 0 Å². The number of thioether (sulfide) groups is 1. The minimum atomic E-state index is -0.136. The maximum Gasteiger partial charge on any atom is 0.115 e. The summed E-state index contributed by atoms with van der Waals surface area (Å²) in [7, 11) is 0. The van der Waals surface area contributed by atoms with E-state index in [-0.39, 0.29) is 12.1 Å². The molecule has 1 atom stereocenters. The molecule has 0 bridgehead atoms. The topological polar surface area (TPSA) is 45.1 Å². The van der Waals surface area contributed by atoms with E-state index < -0.39 is 0 Å². The Morgan fingerprint density at radius 1 is 1.47 bits per heavy atom. The second kappa shape index (κ2) is 8.80. The van der Waals surface area contributed by atoms with E-state index in [1.807, 2.05) is 12.1 Å². The van der Waals surface area contributed by atoms with Crippen molar-refractivity contribution < 1.29 is 5.11 Å². The Bertz CT molecular complexity index is 372. The number of rotatable bonds is 9. The van der Waals surface area contributed by atoms with Gasteiger partial charge < -0.3 is 10.4 Å². The van der Waals surface area contributed by atoms with E-state index in [1.165, 1.54) is 0 Å². The van der Waals surface area contributed by atoms with Crippen molar-refractivity contribution in [2.24, 2.45) is 0 Å². The predicted octanol–water partition coefficient (Wildman–Crippen LogP) is 3.36. The van der Waals surface area contributed by atoms with Crippen LogP contribution in [0.1, 0.15) is 33.1 Å². The number of pyridine rings is 1. The summed E-state index contributed by atoms with van der Waals surface area (Å²) in [6, 6.07) is 3.70. The summed E-state index contributed by atoms with van der Waals surface area (Å²) < 4.78 is 0. The second-order valence-electron chi connectivity index (χ2n) is 4.56. The molecular weight excluding hydrogens is 280 g/mol. The monoisotopic (exact) mass is 302 g/mol. The third-order valence-electron chi connectivity index (χ3n) is 3.29. The Hall–Kier alpha value is -0.290. The molecule has 0 aliphatic carbocycles. The molecular formula is C14H23ClN2OS. The van der Waals surface area contributed by atoms with Crippen LogP contribution in [0.5, 0.6) is 0 Å². The van der Waals surface area contributed by atoms with E-state index in [9.17, 15) is 5.11 Å². The summed E-state index contributed by atoms with van der Waals surface area (Å²) in [4.78, 5) is 4.25. The van der Waals surface area contributed by atoms with Gasteiger partial charge in [-0.1, -0.05) is 25.4 Å². The SMILES string of the molecule is CCNC(CC)(CO)CCCSc1ncccc1Cl. The standard InChI is InChI=1S/C14H23ClN2OS/c1-3-14(11-18,17-4-2)8-6-10-19-13-12(15)7-5-9-16-13/h5,7,9,17-18H,3-4,6,8,10-11H2,1-2H3. The molecule has 3 nitrogen and oxygen atoms in total. The first kappa shape index (κ1) is 16.8. The third kappa shape index (κ3) is 5.30. The van der Waals surface area contributed by atoms with E-state index in [0.29, 0.717) is 5.02 Å². The molecule has 1 heterocycles. The Morgan fingerprint density at radius 3 is 2.84 bits per heavy atom. The number of likely N-dealkylation sites (N-methyl/N-ethyl adjacent to an activating group) is 1. The van der Waals surface area contributed by atoms with Crippen LogP contribution in [0.3, 0.4) is 0 Å². The van der Waals surface area contributed by atoms with E-state index in [1.54, 1.807) is 18.0 Å². The smallest absolute Gasteiger partial charge is 0.115 e. The minimum absolute atomic E-state index is 0.136. The zero-order valence-corrected chi connectivity index (χ0v) is 13.2. The highest BCUT2D eigenvalue weighted by molar-refractivity contribution is 7.99. The highest BCUT2D eigenvalue weighted by atomic mass is 35.5. The maximum absolute atomic E-state index is 9.57. The summed E-state index contributed by atoms with van der Waals surface area (Å²) in [5.41, 5.74) is -0.136. The number of hydrogen-bond acceptors (Lipinski definition) is 4. The molecule has 1 aromatic heterocycles. The molecule has 0 amide bonds. The van der Waals surface area contributed by atoms with Gasteiger partial charge in [0.05, 0.1) is 11.6 Å². The van der Waals surface area contributed by atoms with Crippen molar-refractivity contribution in [3.63, 3.8) is 0 Å². The quantitative estimate of drug-likeness (QED) is 0.542. The number of halogens is 1. The van der Waals surface area contributed by atoms with Crippen molar-refractivity contribution in [2.45, 2.75) is 43.7 Å². The average molecular weight is 303 g/mol. The van der Waals surface area contributed by atoms with E-state index >= 15 is 0 Å². The van der Waals surface area contributed by atoms with Gasteiger partial charge in [0.15, 0.2) is 0 Å². The Balaban J connectivity index is 2.39. The number of aliphatic hydroxyl groups excluding tert-OH is 1. The first-order chi connectivity index (χ1) is 9.17. The lowest BCUT2D eigenvalue weighted by atomic mass is 9.91. The van der Waals surface area contributed by atoms with Crippen LogP contribution in [-0.2, 0) is 0 Å². The molecule has 0 radical (unpaired) electrons. The molecule has 0 aromatic carbocycles. The van der Waals surface area contributed by atoms with Gasteiger partial charge in [0.2, 0.25) is 0 Å². The Morgan fingerprint density at radius 2 is 2.26 bits per heavy atom. The van der Waals surface area contributed by atoms with Gasteiger partial charge in [-0.2, -0.15) is 0 Å². The van der Waals surface area contributed by atoms with E-state index in [0.717, 1.165) is 36.6 Å². The normalized spacial score (nSPS) is 14.3. The number of aliphatic hydroxyl groups is 1. The highest BCUT2D eigenvalue weighted by Gasteiger charge is 2.25. The lowest BCUT2D eigenvalue weighted by Crippen LogP contribution is -2.48. The molecule has 0 saturated carbocycles. The van der Waals surface area contributed by atoms with Gasteiger partial charge in [0.1, 0.15) is 5.03 Å². The Labute approximate surface area is 125 Å². The molecule has 0 spiro atoms. The fourth-order valence-corrected chi connectivity index (χ4v) is 3.18. The minimum Gasteiger partial charge on any atom is -0.394 e. The van der Waals surface area contributed by atoms with Gasteiger partial charge in [-0.05, 0) is 43.7 Å². The van der Waals surface area contributed by atoms with Crippen LogP contribution >= 0.6 is 23.4 Å². The van der Waals surface area contributed by atoms with Crippen LogP contribution < -0.4 is 5.32 Å². The molecule has 19 heavy (non-hydrogen) atoms. The van der Waals surface area contributed by atoms with Crippen LogP contribution in [-0.4, -0.2) is 34.5 Å². The van der Waals surface area contributed by atoms with E-state index in [4.69, 9.17) is 11.6 Å². The zero-order chi connectivity index (χ0) is 14.1. The van der Waals surface area contributed by atoms with Gasteiger partial charge in [0.25, 0.3) is 0 Å². The summed E-state index contributed by atoms with van der Waals surface area (Å²) in [6.45, 7) is 5.25. The van der Waals surface area contributed by atoms with Crippen LogP contribution in [0, 0.1) is 0 Å². The van der Waals surface area contributed by atoms with Gasteiger partial charge in [0, 0.05) is 11.7 Å². The van der Waals surface area contributed by atoms with Gasteiger partial charge in [-0.25, -0.2) is 4.98 Å². The Kier molecular flexibility index (Phi) is 7.76. The maximum atomic E-state index is 9.57. The fourth-order valence-electron chi connectivity index (χ4n) is 2.07. The molecule has 108 valence electrons. The molecule has 1 rings (SSSR count). The van der Waals surface area contributed by atoms with Crippen molar-refractivity contribution >= 4 is 23.4 Å². The zero-order valence-electron chi connectivity index (χ0n) is 11.7. The van der Waals surface area contributed by atoms with Crippen LogP contribution in [0.15, 0.2) is 23.4 Å². The van der Waals surface area contributed by atoms with Crippen molar-refractivity contribution in [3.05, 3.63) is 23.4 Å². The first-order valence-corrected chi connectivity index (χ1v) is 8.13. The number of aromatic nitrogens is 1. The molecule has 0 aliphatic heterocycles. The van der Waals surface area contributed by atoms with Crippen molar-refractivity contribution in [1.29, 1.82) is 0 Å². The predicted molar refractivity (Wildman–Crippen MR) is 83.0 cm³/mol. The lowest BCUT2D eigenvalue weighted by Gasteiger charge is -2.31. The summed E-state index contributed by atoms with van der Waals surface area (Å²) in [5, 5.41) is 14.6. The number of nitrogens with one attached hydrogen (secondary N) is 1. The van der Waals surface area contributed by atoms with Gasteiger partial charge in [-0.3, -0.25) is 0 Å². The lowest BCUT2D eigenvalue weighted by molar-refractivity contribution is 0.148. The van der Waals surface area contributed by atoms with E-state index in [2.05, 4.69) is 24.1 Å². The summed E-state index contributed by atoms with van der Waals surface area (Å²) in [5.74, 6) is 0.962. The van der Waals surface area contributed by atoms with Gasteiger partial charge in [-0.15, -0.1) is 11.8 Å². The van der Waals surface area contributed by atoms with Crippen molar-refractivity contribution in [2.75, 3.05) is 18.9 Å². The average Bonchev–Trinajstić information content (AvgIpc) is 2.44. The summed E-state index contributed by atoms with van der Waals surface area (Å²) >= 11 is 7.74. The van der Waals surface area contributed by atoms with Crippen LogP contribution in [0.2, 0.25) is 5.02 Å². The largest absolute Gasteiger partial charge is 0.394 e. The molecule has 0 saturated heterocycles.